The van der Waals surface area contributed by atoms with Gasteiger partial charge in [0, 0.05) is 41.2 Å². The molecule has 39 heavy (non-hydrogen) atoms. The number of nitrogens with zero attached hydrogens (tertiary/aromatic N) is 4. The number of fused-ring (bicyclic) bond motifs is 1. The Morgan fingerprint density at radius 2 is 1.92 bits per heavy atom. The number of rotatable bonds is 9. The molecule has 0 aliphatic heterocycles. The Kier molecular flexibility index (Phi) is 8.08. The quantitative estimate of drug-likeness (QED) is 0.208. The first-order chi connectivity index (χ1) is 18.6. The second kappa shape index (κ2) is 11.5. The van der Waals surface area contributed by atoms with Crippen molar-refractivity contribution in [3.8, 4) is 17.0 Å². The molecule has 1 amide bonds. The number of amides is 1. The van der Waals surface area contributed by atoms with Gasteiger partial charge in [-0.15, -0.1) is 0 Å². The van der Waals surface area contributed by atoms with Crippen LogP contribution in [-0.2, 0) is 0 Å². The lowest BCUT2D eigenvalue weighted by molar-refractivity contribution is 0.0940. The van der Waals surface area contributed by atoms with E-state index >= 15 is 0 Å². The summed E-state index contributed by atoms with van der Waals surface area (Å²) in [5.74, 6) is -1.38. The van der Waals surface area contributed by atoms with Crippen molar-refractivity contribution in [1.29, 1.82) is 0 Å². The van der Waals surface area contributed by atoms with Crippen LogP contribution >= 0.6 is 0 Å². The van der Waals surface area contributed by atoms with Crippen LogP contribution in [-0.4, -0.2) is 45.8 Å². The average molecular weight is 536 g/mol. The molecule has 0 saturated carbocycles. The summed E-state index contributed by atoms with van der Waals surface area (Å²) in [6.45, 7) is 8.03. The third-order valence-corrected chi connectivity index (χ3v) is 6.22. The van der Waals surface area contributed by atoms with Crippen LogP contribution in [0, 0.1) is 24.5 Å². The van der Waals surface area contributed by atoms with Crippen molar-refractivity contribution < 1.29 is 18.3 Å². The van der Waals surface area contributed by atoms with Gasteiger partial charge in [0.05, 0.1) is 31.4 Å². The average Bonchev–Trinajstić information content (AvgIpc) is 3.33. The highest BCUT2D eigenvalue weighted by atomic mass is 19.2. The van der Waals surface area contributed by atoms with E-state index in [2.05, 4.69) is 25.6 Å². The van der Waals surface area contributed by atoms with Crippen molar-refractivity contribution in [3.05, 3.63) is 71.7 Å². The van der Waals surface area contributed by atoms with Gasteiger partial charge in [0.25, 0.3) is 5.91 Å². The summed E-state index contributed by atoms with van der Waals surface area (Å²) >= 11 is 0. The minimum absolute atomic E-state index is 0.0379. The molecule has 11 heteroatoms. The van der Waals surface area contributed by atoms with Gasteiger partial charge >= 0.3 is 0 Å². The Balaban J connectivity index is 1.54. The van der Waals surface area contributed by atoms with Crippen molar-refractivity contribution in [3.63, 3.8) is 0 Å². The highest BCUT2D eigenvalue weighted by Crippen LogP contribution is 2.31. The van der Waals surface area contributed by atoms with E-state index in [0.717, 1.165) is 5.56 Å². The maximum Gasteiger partial charge on any atom is 0.251 e. The highest BCUT2D eigenvalue weighted by molar-refractivity contribution is 5.96. The number of hydrogen-bond donors (Lipinski definition) is 3. The number of carbonyl (C=O) groups is 1. The lowest BCUT2D eigenvalue weighted by atomic mass is 10.1. The van der Waals surface area contributed by atoms with Crippen LogP contribution in [0.2, 0.25) is 0 Å². The number of aliphatic imine (C=N–C) groups is 1. The number of benzene rings is 2. The van der Waals surface area contributed by atoms with Crippen LogP contribution in [0.3, 0.4) is 0 Å². The molecular formula is C28H31F2N7O2. The fourth-order valence-corrected chi connectivity index (χ4v) is 4.00. The highest BCUT2D eigenvalue weighted by Gasteiger charge is 2.19. The van der Waals surface area contributed by atoms with Crippen LogP contribution in [0.1, 0.15) is 36.7 Å². The van der Waals surface area contributed by atoms with Crippen molar-refractivity contribution in [2.45, 2.75) is 33.7 Å². The summed E-state index contributed by atoms with van der Waals surface area (Å²) in [5, 5.41) is 6.15. The van der Waals surface area contributed by atoms with Crippen LogP contribution in [0.4, 0.5) is 20.3 Å². The SMILES string of the molecule is COc1ccc(-c2cnc3c(Nc4ccc(C(=O)N[C@@H](C)CN=C(N)C(C)C)c(C)c4)nccn23)c(F)c1F. The van der Waals surface area contributed by atoms with Crippen LogP contribution in [0.25, 0.3) is 16.9 Å². The number of halogens is 2. The van der Waals surface area contributed by atoms with Gasteiger partial charge < -0.3 is 21.1 Å². The molecule has 2 heterocycles. The Bertz CT molecular complexity index is 1550. The number of hydrogen-bond acceptors (Lipinski definition) is 6. The van der Waals surface area contributed by atoms with Crippen molar-refractivity contribution in [2.24, 2.45) is 16.6 Å². The number of ether oxygens (including phenoxy) is 1. The lowest BCUT2D eigenvalue weighted by Gasteiger charge is -2.15. The molecule has 0 bridgehead atoms. The number of anilines is 2. The van der Waals surface area contributed by atoms with Gasteiger partial charge in [0.1, 0.15) is 0 Å². The predicted octanol–water partition coefficient (Wildman–Crippen LogP) is 4.87. The van der Waals surface area contributed by atoms with Crippen LogP contribution < -0.4 is 21.1 Å². The Hall–Kier alpha value is -4.54. The maximum atomic E-state index is 14.8. The third-order valence-electron chi connectivity index (χ3n) is 6.22. The van der Waals surface area contributed by atoms with Crippen LogP contribution in [0.5, 0.6) is 5.75 Å². The van der Waals surface area contributed by atoms with E-state index in [1.807, 2.05) is 33.8 Å². The number of methoxy groups -OCH3 is 1. The fourth-order valence-electron chi connectivity index (χ4n) is 4.00. The topological polar surface area (TPSA) is 119 Å². The molecule has 0 radical (unpaired) electrons. The summed E-state index contributed by atoms with van der Waals surface area (Å²) in [4.78, 5) is 25.9. The largest absolute Gasteiger partial charge is 0.494 e. The number of aryl methyl sites for hydroxylation is 1. The zero-order valence-electron chi connectivity index (χ0n) is 22.4. The van der Waals surface area contributed by atoms with E-state index in [0.29, 0.717) is 40.8 Å². The normalized spacial score (nSPS) is 12.6. The number of amidine groups is 1. The second-order valence-electron chi connectivity index (χ2n) is 9.51. The van der Waals surface area contributed by atoms with E-state index in [9.17, 15) is 13.6 Å². The number of nitrogens with two attached hydrogens (primary N) is 1. The number of imidazole rings is 1. The van der Waals surface area contributed by atoms with Gasteiger partial charge in [-0.2, -0.15) is 4.39 Å². The van der Waals surface area contributed by atoms with Gasteiger partial charge in [-0.3, -0.25) is 14.2 Å². The molecule has 0 fully saturated rings. The van der Waals surface area contributed by atoms with Gasteiger partial charge in [-0.05, 0) is 49.7 Å². The summed E-state index contributed by atoms with van der Waals surface area (Å²) < 4.78 is 35.5. The predicted molar refractivity (Wildman–Crippen MR) is 148 cm³/mol. The van der Waals surface area contributed by atoms with Gasteiger partial charge in [-0.25, -0.2) is 14.4 Å². The molecule has 0 aliphatic carbocycles. The van der Waals surface area contributed by atoms with Crippen LogP contribution in [0.15, 0.2) is 53.9 Å². The minimum atomic E-state index is -1.07. The maximum absolute atomic E-state index is 14.8. The number of aromatic nitrogens is 3. The first-order valence-corrected chi connectivity index (χ1v) is 12.4. The number of carbonyl (C=O) groups excluding carboxylic acids is 1. The number of nitrogens with one attached hydrogen (secondary N) is 2. The Labute approximate surface area is 225 Å². The molecule has 2 aromatic carbocycles. The van der Waals surface area contributed by atoms with Crippen molar-refractivity contribution in [1.82, 2.24) is 19.7 Å². The molecule has 4 aromatic rings. The summed E-state index contributed by atoms with van der Waals surface area (Å²) in [7, 11) is 1.28. The standard InChI is InChI=1S/C28H31F2N7O2/c1-15(2)25(31)33-13-17(4)35-28(38)19-7-6-18(12-16(19)3)36-26-27-34-14-21(37(27)11-10-32-26)20-8-9-22(39-5)24(30)23(20)29/h6-12,14-15,17H,13H2,1-5H3,(H2,31,33)(H,32,36)(H,35,38)/t17-/m0/s1. The first kappa shape index (κ1) is 27.5. The fraction of sp³-hybridized carbons (Fsp3) is 0.286. The lowest BCUT2D eigenvalue weighted by Crippen LogP contribution is -2.35. The molecule has 0 aliphatic rings. The Morgan fingerprint density at radius 1 is 1.15 bits per heavy atom. The molecule has 0 unspecified atom stereocenters. The summed E-state index contributed by atoms with van der Waals surface area (Å²) in [5.41, 5.74) is 8.65. The van der Waals surface area contributed by atoms with E-state index < -0.39 is 11.6 Å². The van der Waals surface area contributed by atoms with Gasteiger partial charge in [-0.1, -0.05) is 13.8 Å². The molecule has 2 aromatic heterocycles. The first-order valence-electron chi connectivity index (χ1n) is 12.4. The van der Waals surface area contributed by atoms with Gasteiger partial charge in [0.15, 0.2) is 23.0 Å². The molecule has 0 saturated heterocycles. The summed E-state index contributed by atoms with van der Waals surface area (Å²) in [6, 6.07) is 7.92. The zero-order chi connectivity index (χ0) is 28.3. The van der Waals surface area contributed by atoms with E-state index in [1.54, 1.807) is 22.7 Å². The molecule has 1 atom stereocenters. The van der Waals surface area contributed by atoms with Crippen molar-refractivity contribution >= 4 is 28.9 Å². The van der Waals surface area contributed by atoms with E-state index in [1.165, 1.54) is 31.6 Å². The zero-order valence-corrected chi connectivity index (χ0v) is 22.4. The summed E-state index contributed by atoms with van der Waals surface area (Å²) in [6.07, 6.45) is 4.59. The smallest absolute Gasteiger partial charge is 0.251 e. The van der Waals surface area contributed by atoms with Crippen molar-refractivity contribution in [2.75, 3.05) is 19.0 Å². The monoisotopic (exact) mass is 535 g/mol. The third kappa shape index (κ3) is 5.82. The Morgan fingerprint density at radius 3 is 2.62 bits per heavy atom. The van der Waals surface area contributed by atoms with E-state index in [-0.39, 0.29) is 29.2 Å². The molecule has 204 valence electrons. The minimum Gasteiger partial charge on any atom is -0.494 e. The molecule has 9 nitrogen and oxygen atoms in total. The molecule has 4 rings (SSSR count). The van der Waals surface area contributed by atoms with E-state index in [4.69, 9.17) is 10.5 Å². The molecule has 4 N–H and O–H groups in total. The molecule has 0 spiro atoms. The second-order valence-corrected chi connectivity index (χ2v) is 9.51. The van der Waals surface area contributed by atoms with Gasteiger partial charge in [0.2, 0.25) is 5.82 Å². The molecular weight excluding hydrogens is 504 g/mol.